The second-order valence-electron chi connectivity index (χ2n) is 3.58. The first-order valence-corrected chi connectivity index (χ1v) is 4.96. The van der Waals surface area contributed by atoms with Gasteiger partial charge in [-0.1, -0.05) is 0 Å². The Balaban J connectivity index is 2.48. The number of alkyl halides is 6. The van der Waals surface area contributed by atoms with Crippen LogP contribution in [0.3, 0.4) is 0 Å². The molecule has 2 rings (SSSR count). The minimum absolute atomic E-state index is 0.241. The largest absolute Gasteiger partial charge is 0.424 e. The van der Waals surface area contributed by atoms with Gasteiger partial charge in [-0.3, -0.25) is 0 Å². The molecule has 3 nitrogen and oxygen atoms in total. The van der Waals surface area contributed by atoms with E-state index in [-0.39, 0.29) is 12.1 Å². The highest BCUT2D eigenvalue weighted by atomic mass is 19.4. The van der Waals surface area contributed by atoms with E-state index in [1.807, 2.05) is 6.39 Å². The Morgan fingerprint density at radius 2 is 1.75 bits per heavy atom. The molecule has 0 fully saturated rings. The minimum atomic E-state index is -4.87. The van der Waals surface area contributed by atoms with E-state index in [9.17, 15) is 26.3 Å². The Morgan fingerprint density at radius 3 is 2.25 bits per heavy atom. The van der Waals surface area contributed by atoms with Gasteiger partial charge in [0.15, 0.2) is 0 Å². The SMILES string of the molecule is FC(F)(F)c1ccc(C(F)(F)F)c(Oc2cn[c]o2)c1. The number of nitrogens with zero attached hydrogens (tertiary/aromatic N) is 1. The second-order valence-corrected chi connectivity index (χ2v) is 3.58. The van der Waals surface area contributed by atoms with Crippen molar-refractivity contribution in [1.29, 1.82) is 0 Å². The highest BCUT2D eigenvalue weighted by Gasteiger charge is 2.38. The normalized spacial score (nSPS) is 12.5. The number of hydrogen-bond donors (Lipinski definition) is 0. The van der Waals surface area contributed by atoms with Crippen LogP contribution in [0.5, 0.6) is 11.7 Å². The van der Waals surface area contributed by atoms with Gasteiger partial charge >= 0.3 is 18.3 Å². The number of benzene rings is 1. The summed E-state index contributed by atoms with van der Waals surface area (Å²) in [6, 6.07) is 0.853. The molecule has 107 valence electrons. The fourth-order valence-electron chi connectivity index (χ4n) is 1.35. The fraction of sp³-hybridized carbons (Fsp3) is 0.182. The molecular formula is C11H4F6NO2. The molecule has 0 aliphatic carbocycles. The molecule has 0 aliphatic rings. The third-order valence-corrected chi connectivity index (χ3v) is 2.19. The summed E-state index contributed by atoms with van der Waals surface area (Å²) in [7, 11) is 0. The molecule has 0 atom stereocenters. The first-order chi connectivity index (χ1) is 9.18. The minimum Gasteiger partial charge on any atom is -0.424 e. The van der Waals surface area contributed by atoms with Crippen LogP contribution in [-0.4, -0.2) is 4.98 Å². The van der Waals surface area contributed by atoms with Gasteiger partial charge in [0.25, 0.3) is 6.39 Å². The zero-order valence-electron chi connectivity index (χ0n) is 9.34. The molecule has 0 unspecified atom stereocenters. The summed E-state index contributed by atoms with van der Waals surface area (Å²) < 4.78 is 84.6. The zero-order chi connectivity index (χ0) is 15.0. The quantitative estimate of drug-likeness (QED) is 0.775. The summed E-state index contributed by atoms with van der Waals surface area (Å²) in [6.45, 7) is 0. The van der Waals surface area contributed by atoms with E-state index in [4.69, 9.17) is 0 Å². The lowest BCUT2D eigenvalue weighted by molar-refractivity contribution is -0.142. The van der Waals surface area contributed by atoms with Crippen molar-refractivity contribution in [3.8, 4) is 11.7 Å². The van der Waals surface area contributed by atoms with Gasteiger partial charge in [-0.2, -0.15) is 26.3 Å². The van der Waals surface area contributed by atoms with Crippen molar-refractivity contribution in [3.05, 3.63) is 41.9 Å². The summed E-state index contributed by atoms with van der Waals surface area (Å²) in [5, 5.41) is 0. The van der Waals surface area contributed by atoms with Gasteiger partial charge in [0, 0.05) is 0 Å². The Labute approximate surface area is 107 Å². The Morgan fingerprint density at radius 1 is 1.05 bits per heavy atom. The lowest BCUT2D eigenvalue weighted by Crippen LogP contribution is -2.10. The highest BCUT2D eigenvalue weighted by Crippen LogP contribution is 2.41. The van der Waals surface area contributed by atoms with Crippen molar-refractivity contribution in [2.45, 2.75) is 12.4 Å². The number of aromatic nitrogens is 1. The van der Waals surface area contributed by atoms with E-state index in [2.05, 4.69) is 14.1 Å². The lowest BCUT2D eigenvalue weighted by Gasteiger charge is -2.14. The van der Waals surface area contributed by atoms with E-state index in [0.717, 1.165) is 6.20 Å². The number of oxazole rings is 1. The van der Waals surface area contributed by atoms with Crippen LogP contribution >= 0.6 is 0 Å². The number of ether oxygens (including phenoxy) is 1. The maximum Gasteiger partial charge on any atom is 0.419 e. The lowest BCUT2D eigenvalue weighted by atomic mass is 10.1. The Bertz CT molecular complexity index is 588. The van der Waals surface area contributed by atoms with Crippen LogP contribution in [0.1, 0.15) is 11.1 Å². The Kier molecular flexibility index (Phi) is 3.36. The van der Waals surface area contributed by atoms with Crippen LogP contribution in [0.15, 0.2) is 28.8 Å². The van der Waals surface area contributed by atoms with Crippen LogP contribution < -0.4 is 4.74 Å². The molecule has 0 bridgehead atoms. The molecule has 0 spiro atoms. The van der Waals surface area contributed by atoms with Gasteiger partial charge < -0.3 is 9.15 Å². The van der Waals surface area contributed by atoms with Crippen molar-refractivity contribution in [1.82, 2.24) is 4.98 Å². The smallest absolute Gasteiger partial charge is 0.419 e. The topological polar surface area (TPSA) is 35.3 Å². The van der Waals surface area contributed by atoms with Gasteiger partial charge in [-0.05, 0) is 18.2 Å². The third-order valence-electron chi connectivity index (χ3n) is 2.19. The van der Waals surface area contributed by atoms with E-state index >= 15 is 0 Å². The van der Waals surface area contributed by atoms with Gasteiger partial charge in [-0.25, -0.2) is 4.98 Å². The molecule has 0 amide bonds. The van der Waals surface area contributed by atoms with Crippen molar-refractivity contribution in [3.63, 3.8) is 0 Å². The zero-order valence-corrected chi connectivity index (χ0v) is 9.34. The summed E-state index contributed by atoms with van der Waals surface area (Å²) in [5.41, 5.74) is -2.63. The van der Waals surface area contributed by atoms with Crippen molar-refractivity contribution < 1.29 is 35.5 Å². The van der Waals surface area contributed by atoms with E-state index in [1.54, 1.807) is 0 Å². The predicted molar refractivity (Wildman–Crippen MR) is 51.9 cm³/mol. The number of hydrogen-bond acceptors (Lipinski definition) is 3. The molecule has 0 saturated carbocycles. The van der Waals surface area contributed by atoms with E-state index in [0.29, 0.717) is 6.07 Å². The van der Waals surface area contributed by atoms with Gasteiger partial charge in [-0.15, -0.1) is 0 Å². The monoisotopic (exact) mass is 296 g/mol. The van der Waals surface area contributed by atoms with E-state index in [1.165, 1.54) is 0 Å². The summed E-state index contributed by atoms with van der Waals surface area (Å²) >= 11 is 0. The third kappa shape index (κ3) is 3.03. The van der Waals surface area contributed by atoms with Crippen LogP contribution in [0.25, 0.3) is 0 Å². The van der Waals surface area contributed by atoms with Crippen molar-refractivity contribution in [2.75, 3.05) is 0 Å². The molecule has 1 heterocycles. The maximum absolute atomic E-state index is 12.7. The molecule has 0 aliphatic heterocycles. The van der Waals surface area contributed by atoms with Gasteiger partial charge in [0.2, 0.25) is 0 Å². The van der Waals surface area contributed by atoms with Gasteiger partial charge in [0.05, 0.1) is 11.1 Å². The molecular weight excluding hydrogens is 292 g/mol. The molecule has 1 aromatic heterocycles. The molecule has 9 heteroatoms. The average molecular weight is 296 g/mol. The van der Waals surface area contributed by atoms with Crippen LogP contribution in [0.2, 0.25) is 0 Å². The average Bonchev–Trinajstić information content (AvgIpc) is 2.79. The van der Waals surface area contributed by atoms with Crippen molar-refractivity contribution in [2.24, 2.45) is 0 Å². The molecule has 1 aromatic carbocycles. The Hall–Kier alpha value is -2.19. The van der Waals surface area contributed by atoms with Crippen LogP contribution in [0, 0.1) is 6.39 Å². The summed E-state index contributed by atoms with van der Waals surface area (Å²) in [6.07, 6.45) is -6.89. The first-order valence-electron chi connectivity index (χ1n) is 4.96. The maximum atomic E-state index is 12.7. The summed E-state index contributed by atoms with van der Waals surface area (Å²) in [5.74, 6) is -1.53. The molecule has 0 saturated heterocycles. The van der Waals surface area contributed by atoms with Crippen molar-refractivity contribution >= 4 is 0 Å². The van der Waals surface area contributed by atoms with Crippen LogP contribution in [0.4, 0.5) is 26.3 Å². The summed E-state index contributed by atoms with van der Waals surface area (Å²) in [4.78, 5) is 3.26. The second kappa shape index (κ2) is 4.73. The molecule has 20 heavy (non-hydrogen) atoms. The molecule has 1 radical (unpaired) electrons. The standard InChI is InChI=1S/C11H4F6NO2/c12-10(13,14)6-1-2-7(11(15,16)17)8(3-6)20-9-4-18-5-19-9/h1-4H. The molecule has 2 aromatic rings. The molecule has 0 N–H and O–H groups in total. The van der Waals surface area contributed by atoms with E-state index < -0.39 is 35.2 Å². The van der Waals surface area contributed by atoms with Gasteiger partial charge in [0.1, 0.15) is 11.9 Å². The fourth-order valence-corrected chi connectivity index (χ4v) is 1.35. The number of rotatable bonds is 2. The number of halogens is 6. The highest BCUT2D eigenvalue weighted by molar-refractivity contribution is 5.41. The first kappa shape index (κ1) is 14.2. The van der Waals surface area contributed by atoms with Crippen LogP contribution in [-0.2, 0) is 12.4 Å². The predicted octanol–water partition coefficient (Wildman–Crippen LogP) is 4.30.